The zero-order valence-corrected chi connectivity index (χ0v) is 10.8. The lowest BCUT2D eigenvalue weighted by Crippen LogP contribution is -2.18. The van der Waals surface area contributed by atoms with Crippen LogP contribution in [0.25, 0.3) is 0 Å². The molecule has 98 valence electrons. The van der Waals surface area contributed by atoms with Crippen molar-refractivity contribution in [1.29, 1.82) is 0 Å². The van der Waals surface area contributed by atoms with Gasteiger partial charge in [-0.15, -0.1) is 0 Å². The van der Waals surface area contributed by atoms with E-state index in [1.807, 2.05) is 12.1 Å². The summed E-state index contributed by atoms with van der Waals surface area (Å²) < 4.78 is 16.5. The number of fused-ring (bicyclic) bond motifs is 1. The summed E-state index contributed by atoms with van der Waals surface area (Å²) in [5.74, 6) is 1.58. The number of epoxide rings is 1. The maximum atomic E-state index is 5.80. The Balaban J connectivity index is 1.40. The van der Waals surface area contributed by atoms with Crippen LogP contribution < -0.4 is 4.74 Å². The van der Waals surface area contributed by atoms with Gasteiger partial charge in [-0.1, -0.05) is 12.1 Å². The topological polar surface area (TPSA) is 31.0 Å². The fourth-order valence-corrected chi connectivity index (χ4v) is 2.70. The van der Waals surface area contributed by atoms with E-state index in [-0.39, 0.29) is 0 Å². The highest BCUT2D eigenvalue weighted by atomic mass is 16.6. The Hall–Kier alpha value is -1.06. The van der Waals surface area contributed by atoms with Crippen LogP contribution in [0.15, 0.2) is 24.3 Å². The summed E-state index contributed by atoms with van der Waals surface area (Å²) in [5, 5.41) is 0. The van der Waals surface area contributed by atoms with Gasteiger partial charge in [0.05, 0.1) is 25.9 Å². The second-order valence-corrected chi connectivity index (χ2v) is 5.26. The molecule has 3 atom stereocenters. The van der Waals surface area contributed by atoms with Gasteiger partial charge in [-0.25, -0.2) is 0 Å². The van der Waals surface area contributed by atoms with E-state index >= 15 is 0 Å². The van der Waals surface area contributed by atoms with Gasteiger partial charge in [-0.05, 0) is 42.9 Å². The third kappa shape index (κ3) is 2.85. The molecule has 2 fully saturated rings. The quantitative estimate of drug-likeness (QED) is 0.751. The summed E-state index contributed by atoms with van der Waals surface area (Å²) in [4.78, 5) is 0. The predicted molar refractivity (Wildman–Crippen MR) is 68.7 cm³/mol. The van der Waals surface area contributed by atoms with Gasteiger partial charge in [0.2, 0.25) is 0 Å². The molecule has 1 aliphatic carbocycles. The van der Waals surface area contributed by atoms with Crippen molar-refractivity contribution in [3.63, 3.8) is 0 Å². The van der Waals surface area contributed by atoms with Crippen LogP contribution in [-0.2, 0) is 16.1 Å². The van der Waals surface area contributed by atoms with Crippen LogP contribution in [0.2, 0.25) is 0 Å². The fraction of sp³-hybridized carbons (Fsp3) is 0.600. The van der Waals surface area contributed by atoms with Crippen molar-refractivity contribution >= 4 is 0 Å². The molecule has 0 N–H and O–H groups in total. The molecular formula is C15H20O3. The highest BCUT2D eigenvalue weighted by Crippen LogP contribution is 2.39. The van der Waals surface area contributed by atoms with Gasteiger partial charge in [0.15, 0.2) is 0 Å². The van der Waals surface area contributed by atoms with Gasteiger partial charge >= 0.3 is 0 Å². The average molecular weight is 248 g/mol. The molecule has 1 saturated heterocycles. The van der Waals surface area contributed by atoms with Crippen molar-refractivity contribution in [1.82, 2.24) is 0 Å². The summed E-state index contributed by atoms with van der Waals surface area (Å²) in [6.07, 6.45) is 4.80. The number of methoxy groups -OCH3 is 1. The van der Waals surface area contributed by atoms with Gasteiger partial charge in [-0.3, -0.25) is 0 Å². The van der Waals surface area contributed by atoms with E-state index in [4.69, 9.17) is 14.2 Å². The molecule has 3 rings (SSSR count). The Kier molecular flexibility index (Phi) is 3.52. The van der Waals surface area contributed by atoms with E-state index in [9.17, 15) is 0 Å². The summed E-state index contributed by atoms with van der Waals surface area (Å²) in [7, 11) is 1.68. The van der Waals surface area contributed by atoms with E-state index in [0.717, 1.165) is 12.4 Å². The smallest absolute Gasteiger partial charge is 0.118 e. The fourth-order valence-electron chi connectivity index (χ4n) is 2.70. The number of hydrogen-bond acceptors (Lipinski definition) is 3. The molecule has 0 aromatic heterocycles. The van der Waals surface area contributed by atoms with Gasteiger partial charge in [-0.2, -0.15) is 0 Å². The van der Waals surface area contributed by atoms with Crippen molar-refractivity contribution in [2.45, 2.75) is 38.1 Å². The second kappa shape index (κ2) is 5.29. The Labute approximate surface area is 108 Å². The Morgan fingerprint density at radius 2 is 2.00 bits per heavy atom. The first-order chi connectivity index (χ1) is 8.85. The molecule has 18 heavy (non-hydrogen) atoms. The van der Waals surface area contributed by atoms with E-state index < -0.39 is 0 Å². The van der Waals surface area contributed by atoms with Gasteiger partial charge in [0.25, 0.3) is 0 Å². The lowest BCUT2D eigenvalue weighted by molar-refractivity contribution is 0.0765. The molecule has 3 unspecified atom stereocenters. The number of hydrogen-bond donors (Lipinski definition) is 0. The number of rotatable bonds is 5. The van der Waals surface area contributed by atoms with Crippen molar-refractivity contribution in [2.24, 2.45) is 5.92 Å². The minimum absolute atomic E-state index is 0.549. The molecule has 2 aliphatic rings. The zero-order chi connectivity index (χ0) is 12.4. The molecule has 1 aromatic carbocycles. The third-order valence-corrected chi connectivity index (χ3v) is 3.89. The predicted octanol–water partition coefficient (Wildman–Crippen LogP) is 2.78. The van der Waals surface area contributed by atoms with Crippen LogP contribution >= 0.6 is 0 Å². The lowest BCUT2D eigenvalue weighted by Gasteiger charge is -2.18. The van der Waals surface area contributed by atoms with Gasteiger partial charge in [0, 0.05) is 6.61 Å². The lowest BCUT2D eigenvalue weighted by atomic mass is 9.90. The van der Waals surface area contributed by atoms with E-state index in [1.165, 1.54) is 24.8 Å². The number of benzene rings is 1. The van der Waals surface area contributed by atoms with Crippen LogP contribution in [0.3, 0.4) is 0 Å². The molecule has 1 aliphatic heterocycles. The van der Waals surface area contributed by atoms with Crippen LogP contribution in [0, 0.1) is 5.92 Å². The Bertz CT molecular complexity index is 387. The van der Waals surface area contributed by atoms with Crippen molar-refractivity contribution < 1.29 is 14.2 Å². The molecule has 1 saturated carbocycles. The largest absolute Gasteiger partial charge is 0.497 e. The molecule has 0 bridgehead atoms. The normalized spacial score (nSPS) is 29.7. The maximum Gasteiger partial charge on any atom is 0.118 e. The minimum Gasteiger partial charge on any atom is -0.497 e. The van der Waals surface area contributed by atoms with Gasteiger partial charge in [0.1, 0.15) is 5.75 Å². The Morgan fingerprint density at radius 1 is 1.17 bits per heavy atom. The molecular weight excluding hydrogens is 228 g/mol. The standard InChI is InChI=1S/C15H20O3/c1-16-13-5-2-11(3-6-13)9-17-10-12-4-7-14-15(8-12)18-14/h2-3,5-6,12,14-15H,4,7-10H2,1H3. The summed E-state index contributed by atoms with van der Waals surface area (Å²) >= 11 is 0. The van der Waals surface area contributed by atoms with E-state index in [2.05, 4.69) is 12.1 Å². The first kappa shape index (κ1) is 12.0. The molecule has 1 heterocycles. The highest BCUT2D eigenvalue weighted by molar-refractivity contribution is 5.26. The molecule has 0 spiro atoms. The van der Waals surface area contributed by atoms with Crippen LogP contribution in [0.1, 0.15) is 24.8 Å². The summed E-state index contributed by atoms with van der Waals surface area (Å²) in [6.45, 7) is 1.55. The van der Waals surface area contributed by atoms with Crippen LogP contribution in [0.5, 0.6) is 5.75 Å². The SMILES string of the molecule is COc1ccc(COCC2CCC3OC3C2)cc1. The number of ether oxygens (including phenoxy) is 3. The molecule has 3 heteroatoms. The van der Waals surface area contributed by atoms with Crippen molar-refractivity contribution in [3.05, 3.63) is 29.8 Å². The van der Waals surface area contributed by atoms with E-state index in [1.54, 1.807) is 7.11 Å². The minimum atomic E-state index is 0.549. The first-order valence-corrected chi connectivity index (χ1v) is 6.71. The molecule has 3 nitrogen and oxygen atoms in total. The summed E-state index contributed by atoms with van der Waals surface area (Å²) in [5.41, 5.74) is 1.20. The van der Waals surface area contributed by atoms with Crippen molar-refractivity contribution in [2.75, 3.05) is 13.7 Å². The third-order valence-electron chi connectivity index (χ3n) is 3.89. The molecule has 0 radical (unpaired) electrons. The van der Waals surface area contributed by atoms with Gasteiger partial charge < -0.3 is 14.2 Å². The second-order valence-electron chi connectivity index (χ2n) is 5.26. The first-order valence-electron chi connectivity index (χ1n) is 6.71. The Morgan fingerprint density at radius 3 is 2.72 bits per heavy atom. The molecule has 1 aromatic rings. The van der Waals surface area contributed by atoms with Crippen LogP contribution in [-0.4, -0.2) is 25.9 Å². The van der Waals surface area contributed by atoms with Crippen molar-refractivity contribution in [3.8, 4) is 5.75 Å². The summed E-state index contributed by atoms with van der Waals surface area (Å²) in [6, 6.07) is 8.06. The van der Waals surface area contributed by atoms with E-state index in [0.29, 0.717) is 24.7 Å². The van der Waals surface area contributed by atoms with Crippen LogP contribution in [0.4, 0.5) is 0 Å². The highest BCUT2D eigenvalue weighted by Gasteiger charge is 2.43. The monoisotopic (exact) mass is 248 g/mol. The zero-order valence-electron chi connectivity index (χ0n) is 10.8. The maximum absolute atomic E-state index is 5.80. The average Bonchev–Trinajstić information content (AvgIpc) is 3.18. The molecule has 0 amide bonds.